The Morgan fingerprint density at radius 3 is 2.93 bits per heavy atom. The fourth-order valence-electron chi connectivity index (χ4n) is 2.13. The molecule has 0 atom stereocenters. The predicted molar refractivity (Wildman–Crippen MR) is 60.4 cm³/mol. The molecule has 0 saturated heterocycles. The van der Waals surface area contributed by atoms with Gasteiger partial charge in [-0.3, -0.25) is 0 Å². The summed E-state index contributed by atoms with van der Waals surface area (Å²) in [5.41, 5.74) is 4.54. The van der Waals surface area contributed by atoms with Gasteiger partial charge in [0.15, 0.2) is 0 Å². The van der Waals surface area contributed by atoms with Gasteiger partial charge in [0.25, 0.3) is 0 Å². The Bertz CT molecular complexity index is 315. The Labute approximate surface area is 86.5 Å². The van der Waals surface area contributed by atoms with E-state index in [0.717, 1.165) is 19.0 Å². The van der Waals surface area contributed by atoms with E-state index in [9.17, 15) is 0 Å². The summed E-state index contributed by atoms with van der Waals surface area (Å²) < 4.78 is 0. The molecule has 0 amide bonds. The lowest BCUT2D eigenvalue weighted by atomic mass is 9.95. The van der Waals surface area contributed by atoms with E-state index in [0.29, 0.717) is 0 Å². The second-order valence-electron chi connectivity index (χ2n) is 4.63. The summed E-state index contributed by atoms with van der Waals surface area (Å²) in [4.78, 5) is 0. The smallest absolute Gasteiger partial charge is 0.0208 e. The van der Waals surface area contributed by atoms with Crippen LogP contribution in [0, 0.1) is 5.92 Å². The van der Waals surface area contributed by atoms with E-state index in [2.05, 4.69) is 37.4 Å². The van der Waals surface area contributed by atoms with Gasteiger partial charge in [0, 0.05) is 6.54 Å². The van der Waals surface area contributed by atoms with Gasteiger partial charge in [-0.2, -0.15) is 0 Å². The van der Waals surface area contributed by atoms with Gasteiger partial charge >= 0.3 is 0 Å². The maximum Gasteiger partial charge on any atom is 0.0208 e. The first-order chi connectivity index (χ1) is 6.75. The summed E-state index contributed by atoms with van der Waals surface area (Å²) in [5, 5.41) is 3.42. The molecule has 0 unspecified atom stereocenters. The number of nitrogens with one attached hydrogen (secondary N) is 1. The van der Waals surface area contributed by atoms with Gasteiger partial charge in [-0.15, -0.1) is 0 Å². The highest BCUT2D eigenvalue weighted by Crippen LogP contribution is 2.17. The summed E-state index contributed by atoms with van der Waals surface area (Å²) in [6, 6.07) is 6.99. The molecule has 2 rings (SSSR count). The SMILES string of the molecule is CC(C)Cc1ccc2c(c1)CNCC2. The zero-order valence-electron chi connectivity index (χ0n) is 9.14. The van der Waals surface area contributed by atoms with Crippen molar-refractivity contribution in [1.82, 2.24) is 5.32 Å². The Morgan fingerprint density at radius 2 is 2.14 bits per heavy atom. The largest absolute Gasteiger partial charge is 0.312 e. The third-order valence-electron chi connectivity index (χ3n) is 2.80. The first kappa shape index (κ1) is 9.72. The van der Waals surface area contributed by atoms with Crippen molar-refractivity contribution in [2.75, 3.05) is 6.54 Å². The van der Waals surface area contributed by atoms with Crippen LogP contribution in [0.15, 0.2) is 18.2 Å². The number of hydrogen-bond donors (Lipinski definition) is 1. The van der Waals surface area contributed by atoms with Crippen molar-refractivity contribution in [3.63, 3.8) is 0 Å². The van der Waals surface area contributed by atoms with E-state index < -0.39 is 0 Å². The summed E-state index contributed by atoms with van der Waals surface area (Å²) in [7, 11) is 0. The molecule has 1 aromatic rings. The highest BCUT2D eigenvalue weighted by molar-refractivity contribution is 5.33. The van der Waals surface area contributed by atoms with Gasteiger partial charge in [0.05, 0.1) is 0 Å². The fourth-order valence-corrected chi connectivity index (χ4v) is 2.13. The van der Waals surface area contributed by atoms with Crippen molar-refractivity contribution in [3.8, 4) is 0 Å². The summed E-state index contributed by atoms with van der Waals surface area (Å²) in [6.45, 7) is 6.74. The van der Waals surface area contributed by atoms with E-state index in [1.807, 2.05) is 0 Å². The molecule has 1 aliphatic heterocycles. The lowest BCUT2D eigenvalue weighted by molar-refractivity contribution is 0.630. The summed E-state index contributed by atoms with van der Waals surface area (Å²) in [5.74, 6) is 0.754. The van der Waals surface area contributed by atoms with Gasteiger partial charge in [-0.05, 0) is 42.0 Å². The lowest BCUT2D eigenvalue weighted by Crippen LogP contribution is -2.23. The molecule has 0 fully saturated rings. The van der Waals surface area contributed by atoms with Crippen LogP contribution in [0.4, 0.5) is 0 Å². The first-order valence-electron chi connectivity index (χ1n) is 5.57. The Hall–Kier alpha value is -0.820. The molecule has 0 bridgehead atoms. The van der Waals surface area contributed by atoms with E-state index in [-0.39, 0.29) is 0 Å². The number of rotatable bonds is 2. The normalized spacial score (nSPS) is 15.6. The van der Waals surface area contributed by atoms with Gasteiger partial charge in [-0.1, -0.05) is 32.0 Å². The minimum atomic E-state index is 0.754. The monoisotopic (exact) mass is 189 g/mol. The summed E-state index contributed by atoms with van der Waals surface area (Å²) >= 11 is 0. The highest BCUT2D eigenvalue weighted by Gasteiger charge is 2.08. The third-order valence-corrected chi connectivity index (χ3v) is 2.80. The van der Waals surface area contributed by atoms with Gasteiger partial charge in [0.2, 0.25) is 0 Å². The molecule has 1 aliphatic rings. The number of benzene rings is 1. The number of hydrogen-bond acceptors (Lipinski definition) is 1. The van der Waals surface area contributed by atoms with Crippen LogP contribution in [0.3, 0.4) is 0 Å². The second kappa shape index (κ2) is 4.14. The minimum absolute atomic E-state index is 0.754. The number of fused-ring (bicyclic) bond motifs is 1. The molecule has 1 heterocycles. The topological polar surface area (TPSA) is 12.0 Å². The predicted octanol–water partition coefficient (Wildman–Crippen LogP) is 2.53. The zero-order chi connectivity index (χ0) is 9.97. The van der Waals surface area contributed by atoms with Crippen LogP contribution in [-0.4, -0.2) is 6.54 Å². The molecule has 0 aliphatic carbocycles. The molecule has 0 aromatic heterocycles. The second-order valence-corrected chi connectivity index (χ2v) is 4.63. The van der Waals surface area contributed by atoms with Crippen LogP contribution >= 0.6 is 0 Å². The van der Waals surface area contributed by atoms with Crippen LogP contribution in [-0.2, 0) is 19.4 Å². The molecule has 0 saturated carbocycles. The van der Waals surface area contributed by atoms with Crippen molar-refractivity contribution in [2.45, 2.75) is 33.2 Å². The average molecular weight is 189 g/mol. The molecule has 0 radical (unpaired) electrons. The minimum Gasteiger partial charge on any atom is -0.312 e. The van der Waals surface area contributed by atoms with Crippen molar-refractivity contribution in [2.24, 2.45) is 5.92 Å². The van der Waals surface area contributed by atoms with Crippen LogP contribution < -0.4 is 5.32 Å². The van der Waals surface area contributed by atoms with E-state index in [1.54, 1.807) is 0 Å². The maximum absolute atomic E-state index is 3.42. The van der Waals surface area contributed by atoms with Crippen molar-refractivity contribution >= 4 is 0 Å². The molecule has 14 heavy (non-hydrogen) atoms. The molecule has 1 aromatic carbocycles. The maximum atomic E-state index is 3.42. The molecule has 1 N–H and O–H groups in total. The molecule has 1 nitrogen and oxygen atoms in total. The van der Waals surface area contributed by atoms with Crippen LogP contribution in [0.5, 0.6) is 0 Å². The van der Waals surface area contributed by atoms with Crippen LogP contribution in [0.1, 0.15) is 30.5 Å². The Morgan fingerprint density at radius 1 is 1.29 bits per heavy atom. The van der Waals surface area contributed by atoms with Crippen LogP contribution in [0.25, 0.3) is 0 Å². The quantitative estimate of drug-likeness (QED) is 0.754. The summed E-state index contributed by atoms with van der Waals surface area (Å²) in [6.07, 6.45) is 2.39. The first-order valence-corrected chi connectivity index (χ1v) is 5.57. The van der Waals surface area contributed by atoms with E-state index >= 15 is 0 Å². The van der Waals surface area contributed by atoms with Crippen molar-refractivity contribution in [1.29, 1.82) is 0 Å². The molecule has 76 valence electrons. The van der Waals surface area contributed by atoms with Gasteiger partial charge in [0.1, 0.15) is 0 Å². The van der Waals surface area contributed by atoms with E-state index in [1.165, 1.54) is 29.5 Å². The molecule has 0 spiro atoms. The Kier molecular flexibility index (Phi) is 2.87. The van der Waals surface area contributed by atoms with Gasteiger partial charge < -0.3 is 5.32 Å². The van der Waals surface area contributed by atoms with Gasteiger partial charge in [-0.25, -0.2) is 0 Å². The van der Waals surface area contributed by atoms with Crippen molar-refractivity contribution < 1.29 is 0 Å². The molecule has 1 heteroatoms. The third kappa shape index (κ3) is 2.16. The standard InChI is InChI=1S/C13H19N/c1-10(2)7-11-3-4-12-5-6-14-9-13(12)8-11/h3-4,8,10,14H,5-7,9H2,1-2H3. The Balaban J connectivity index is 2.20. The van der Waals surface area contributed by atoms with Crippen LogP contribution in [0.2, 0.25) is 0 Å². The molecular formula is C13H19N. The average Bonchev–Trinajstić information content (AvgIpc) is 2.17. The molecular weight excluding hydrogens is 170 g/mol. The lowest BCUT2D eigenvalue weighted by Gasteiger charge is -2.18. The highest BCUT2D eigenvalue weighted by atomic mass is 14.9. The van der Waals surface area contributed by atoms with E-state index in [4.69, 9.17) is 0 Å². The van der Waals surface area contributed by atoms with Crippen molar-refractivity contribution in [3.05, 3.63) is 34.9 Å². The zero-order valence-corrected chi connectivity index (χ0v) is 9.14. The fraction of sp³-hybridized carbons (Fsp3) is 0.538.